The molecule has 0 atom stereocenters. The normalized spacial score (nSPS) is 13.1. The van der Waals surface area contributed by atoms with E-state index < -0.39 is 0 Å². The molecule has 0 radical (unpaired) electrons. The van der Waals surface area contributed by atoms with Gasteiger partial charge in [0.25, 0.3) is 17.7 Å². The number of amides is 3. The monoisotopic (exact) mass is 364 g/mol. The minimum absolute atomic E-state index is 0.223. The molecule has 0 spiro atoms. The van der Waals surface area contributed by atoms with Gasteiger partial charge in [-0.05, 0) is 55.7 Å². The molecule has 0 aromatic heterocycles. The zero-order chi connectivity index (χ0) is 19.6. The molecule has 1 aliphatic rings. The first-order valence-electron chi connectivity index (χ1n) is 9.32. The number of hydrogen-bond acceptors (Lipinski definition) is 3. The number of anilines is 1. The lowest BCUT2D eigenvalue weighted by atomic mass is 10.1. The highest BCUT2D eigenvalue weighted by Gasteiger charge is 2.37. The molecule has 0 fully saturated rings. The molecule has 3 rings (SSSR count). The van der Waals surface area contributed by atoms with Gasteiger partial charge in [0.05, 0.1) is 16.8 Å². The number of carbonyl (C=O) groups is 3. The second kappa shape index (κ2) is 7.74. The fourth-order valence-corrected chi connectivity index (χ4v) is 3.24. The molecule has 1 aliphatic heterocycles. The van der Waals surface area contributed by atoms with Gasteiger partial charge in [0.15, 0.2) is 0 Å². The zero-order valence-electron chi connectivity index (χ0n) is 16.0. The van der Waals surface area contributed by atoms with Gasteiger partial charge in [-0.15, -0.1) is 0 Å². The van der Waals surface area contributed by atoms with E-state index in [4.69, 9.17) is 0 Å². The zero-order valence-corrected chi connectivity index (χ0v) is 16.0. The molecule has 2 aromatic rings. The Morgan fingerprint density at radius 3 is 2.44 bits per heavy atom. The quantitative estimate of drug-likeness (QED) is 0.622. The van der Waals surface area contributed by atoms with Gasteiger partial charge in [0.1, 0.15) is 0 Å². The van der Waals surface area contributed by atoms with Crippen LogP contribution in [0.25, 0.3) is 0 Å². The number of aryl methyl sites for hydroxylation is 2. The second-order valence-corrected chi connectivity index (χ2v) is 6.96. The largest absolute Gasteiger partial charge is 0.352 e. The highest BCUT2D eigenvalue weighted by molar-refractivity contribution is 6.35. The van der Waals surface area contributed by atoms with E-state index in [9.17, 15) is 14.4 Å². The van der Waals surface area contributed by atoms with Gasteiger partial charge >= 0.3 is 0 Å². The van der Waals surface area contributed by atoms with E-state index in [-0.39, 0.29) is 23.3 Å². The van der Waals surface area contributed by atoms with Crippen LogP contribution < -0.4 is 10.2 Å². The number of benzene rings is 2. The molecular weight excluding hydrogens is 340 g/mol. The summed E-state index contributed by atoms with van der Waals surface area (Å²) in [5.41, 5.74) is 3.43. The Balaban J connectivity index is 1.86. The van der Waals surface area contributed by atoms with Gasteiger partial charge in [0.2, 0.25) is 0 Å². The fraction of sp³-hybridized carbons (Fsp3) is 0.318. The number of rotatable bonds is 6. The molecule has 2 aromatic carbocycles. The third-order valence-corrected chi connectivity index (χ3v) is 4.82. The summed E-state index contributed by atoms with van der Waals surface area (Å²) >= 11 is 0. The highest BCUT2D eigenvalue weighted by Crippen LogP contribution is 2.31. The first kappa shape index (κ1) is 18.8. The van der Waals surface area contributed by atoms with Crippen LogP contribution in [-0.2, 0) is 0 Å². The topological polar surface area (TPSA) is 66.5 Å². The van der Waals surface area contributed by atoms with E-state index >= 15 is 0 Å². The van der Waals surface area contributed by atoms with Gasteiger partial charge in [0, 0.05) is 12.1 Å². The summed E-state index contributed by atoms with van der Waals surface area (Å²) < 4.78 is 0. The van der Waals surface area contributed by atoms with Crippen molar-refractivity contribution in [2.75, 3.05) is 11.4 Å². The van der Waals surface area contributed by atoms with Crippen LogP contribution in [-0.4, -0.2) is 24.3 Å². The molecular formula is C22H24N2O3. The lowest BCUT2D eigenvalue weighted by molar-refractivity contribution is 0.0923. The van der Waals surface area contributed by atoms with Crippen molar-refractivity contribution in [1.29, 1.82) is 0 Å². The Bertz CT molecular complexity index is 918. The molecule has 5 heteroatoms. The molecule has 0 unspecified atom stereocenters. The van der Waals surface area contributed by atoms with Crippen LogP contribution >= 0.6 is 0 Å². The summed E-state index contributed by atoms with van der Waals surface area (Å²) in [6.45, 7) is 6.49. The summed E-state index contributed by atoms with van der Waals surface area (Å²) in [7, 11) is 0. The van der Waals surface area contributed by atoms with Crippen molar-refractivity contribution >= 4 is 23.4 Å². The Labute approximate surface area is 159 Å². The van der Waals surface area contributed by atoms with Gasteiger partial charge < -0.3 is 5.32 Å². The third-order valence-electron chi connectivity index (χ3n) is 4.82. The molecule has 0 saturated carbocycles. The Hall–Kier alpha value is -2.95. The van der Waals surface area contributed by atoms with Crippen LogP contribution in [0.3, 0.4) is 0 Å². The van der Waals surface area contributed by atoms with Crippen LogP contribution in [0.1, 0.15) is 68.4 Å². The van der Waals surface area contributed by atoms with Gasteiger partial charge in [-0.25, -0.2) is 4.90 Å². The highest BCUT2D eigenvalue weighted by atomic mass is 16.2. The summed E-state index contributed by atoms with van der Waals surface area (Å²) in [4.78, 5) is 39.2. The predicted molar refractivity (Wildman–Crippen MR) is 105 cm³/mol. The van der Waals surface area contributed by atoms with Crippen LogP contribution in [0.15, 0.2) is 36.4 Å². The number of nitrogens with zero attached hydrogens (tertiary/aromatic N) is 1. The van der Waals surface area contributed by atoms with Crippen molar-refractivity contribution in [3.05, 3.63) is 64.2 Å². The number of carbonyl (C=O) groups excluding carboxylic acids is 3. The van der Waals surface area contributed by atoms with Crippen molar-refractivity contribution in [1.82, 2.24) is 5.32 Å². The average Bonchev–Trinajstić information content (AvgIpc) is 2.91. The maximum atomic E-state index is 12.9. The SMILES string of the molecule is CCCCCNC(=O)c1ccc2c(c1)C(=O)N(c1cc(C)ccc1C)C2=O. The maximum Gasteiger partial charge on any atom is 0.266 e. The maximum absolute atomic E-state index is 12.9. The van der Waals surface area contributed by atoms with E-state index in [1.54, 1.807) is 12.1 Å². The van der Waals surface area contributed by atoms with Gasteiger partial charge in [-0.1, -0.05) is 31.9 Å². The van der Waals surface area contributed by atoms with Crippen LogP contribution in [0.5, 0.6) is 0 Å². The average molecular weight is 364 g/mol. The van der Waals surface area contributed by atoms with Crippen LogP contribution in [0, 0.1) is 13.8 Å². The van der Waals surface area contributed by atoms with Crippen molar-refractivity contribution in [2.45, 2.75) is 40.0 Å². The van der Waals surface area contributed by atoms with Gasteiger partial charge in [-0.2, -0.15) is 0 Å². The number of imide groups is 1. The van der Waals surface area contributed by atoms with Gasteiger partial charge in [-0.3, -0.25) is 14.4 Å². The lowest BCUT2D eigenvalue weighted by Crippen LogP contribution is -2.30. The Morgan fingerprint density at radius 2 is 1.70 bits per heavy atom. The summed E-state index contributed by atoms with van der Waals surface area (Å²) in [6, 6.07) is 10.4. The lowest BCUT2D eigenvalue weighted by Gasteiger charge is -2.17. The molecule has 5 nitrogen and oxygen atoms in total. The number of fused-ring (bicyclic) bond motifs is 1. The molecule has 1 heterocycles. The molecule has 0 saturated heterocycles. The van der Waals surface area contributed by atoms with Crippen molar-refractivity contribution in [3.63, 3.8) is 0 Å². The van der Waals surface area contributed by atoms with Crippen molar-refractivity contribution < 1.29 is 14.4 Å². The van der Waals surface area contributed by atoms with Crippen molar-refractivity contribution in [3.8, 4) is 0 Å². The minimum Gasteiger partial charge on any atom is -0.352 e. The first-order chi connectivity index (χ1) is 12.9. The second-order valence-electron chi connectivity index (χ2n) is 6.96. The van der Waals surface area contributed by atoms with E-state index in [0.717, 1.165) is 30.4 Å². The first-order valence-corrected chi connectivity index (χ1v) is 9.32. The smallest absolute Gasteiger partial charge is 0.266 e. The van der Waals surface area contributed by atoms with Crippen molar-refractivity contribution in [2.24, 2.45) is 0 Å². The number of nitrogens with one attached hydrogen (secondary N) is 1. The molecule has 1 N–H and O–H groups in total. The Morgan fingerprint density at radius 1 is 0.963 bits per heavy atom. The van der Waals surface area contributed by atoms with E-state index in [1.807, 2.05) is 32.0 Å². The fourth-order valence-electron chi connectivity index (χ4n) is 3.24. The molecule has 27 heavy (non-hydrogen) atoms. The van der Waals surface area contributed by atoms with Crippen LogP contribution in [0.4, 0.5) is 5.69 Å². The molecule has 0 bridgehead atoms. The number of hydrogen-bond donors (Lipinski definition) is 1. The van der Waals surface area contributed by atoms with E-state index in [0.29, 0.717) is 23.4 Å². The van der Waals surface area contributed by atoms with E-state index in [1.165, 1.54) is 11.0 Å². The third kappa shape index (κ3) is 3.63. The number of unbranched alkanes of at least 4 members (excludes halogenated alkanes) is 2. The molecule has 140 valence electrons. The minimum atomic E-state index is -0.385. The van der Waals surface area contributed by atoms with Crippen LogP contribution in [0.2, 0.25) is 0 Å². The molecule has 3 amide bonds. The predicted octanol–water partition coefficient (Wildman–Crippen LogP) is 4.02. The standard InChI is InChI=1S/C22H24N2O3/c1-4-5-6-11-23-20(25)16-9-10-17-18(13-16)22(27)24(21(17)26)19-12-14(2)7-8-15(19)3/h7-10,12-13H,4-6,11H2,1-3H3,(H,23,25). The summed E-state index contributed by atoms with van der Waals surface area (Å²) in [6.07, 6.45) is 3.06. The summed E-state index contributed by atoms with van der Waals surface area (Å²) in [5.74, 6) is -0.956. The summed E-state index contributed by atoms with van der Waals surface area (Å²) in [5, 5.41) is 2.86. The van der Waals surface area contributed by atoms with E-state index in [2.05, 4.69) is 12.2 Å². The Kier molecular flexibility index (Phi) is 5.40. The molecule has 0 aliphatic carbocycles.